The number of amides is 2. The summed E-state index contributed by atoms with van der Waals surface area (Å²) in [5.74, 6) is 1.98. The van der Waals surface area contributed by atoms with E-state index in [-0.39, 0.29) is 12.0 Å². The highest BCUT2D eigenvalue weighted by Crippen LogP contribution is 2.26. The number of methoxy groups -OCH3 is 3. The van der Waals surface area contributed by atoms with Crippen molar-refractivity contribution in [1.82, 2.24) is 14.8 Å². The van der Waals surface area contributed by atoms with Crippen LogP contribution in [0.4, 0.5) is 16.2 Å². The number of benzene rings is 3. The fourth-order valence-electron chi connectivity index (χ4n) is 3.20. The van der Waals surface area contributed by atoms with E-state index in [1.54, 1.807) is 55.3 Å². The number of anilines is 2. The summed E-state index contributed by atoms with van der Waals surface area (Å²) in [6.45, 7) is 0. The van der Waals surface area contributed by atoms with E-state index in [2.05, 4.69) is 20.7 Å². The SMILES string of the molecule is COc1ccc(-c2nc(OC)nn2-c2cccc(NC(=O)Nc3cccc(OC)c3)c2)cc1. The van der Waals surface area contributed by atoms with Crippen LogP contribution in [0.25, 0.3) is 17.1 Å². The van der Waals surface area contributed by atoms with E-state index < -0.39 is 0 Å². The molecule has 0 bridgehead atoms. The summed E-state index contributed by atoms with van der Waals surface area (Å²) < 4.78 is 17.3. The van der Waals surface area contributed by atoms with Gasteiger partial charge in [0.1, 0.15) is 11.5 Å². The van der Waals surface area contributed by atoms with Gasteiger partial charge in [0.25, 0.3) is 0 Å². The summed E-state index contributed by atoms with van der Waals surface area (Å²) in [6.07, 6.45) is 0. The smallest absolute Gasteiger partial charge is 0.336 e. The number of nitrogens with zero attached hydrogens (tertiary/aromatic N) is 3. The van der Waals surface area contributed by atoms with Gasteiger partial charge < -0.3 is 24.8 Å². The number of ether oxygens (including phenoxy) is 3. The molecule has 4 rings (SSSR count). The minimum absolute atomic E-state index is 0.231. The number of hydrogen-bond acceptors (Lipinski definition) is 6. The van der Waals surface area contributed by atoms with Crippen LogP contribution in [0, 0.1) is 0 Å². The van der Waals surface area contributed by atoms with E-state index in [9.17, 15) is 4.79 Å². The largest absolute Gasteiger partial charge is 0.497 e. The Morgan fingerprint density at radius 1 is 0.788 bits per heavy atom. The Hall–Kier alpha value is -4.53. The Balaban J connectivity index is 1.58. The molecule has 1 heterocycles. The zero-order valence-corrected chi connectivity index (χ0v) is 18.4. The lowest BCUT2D eigenvalue weighted by Gasteiger charge is -2.11. The predicted octanol–water partition coefficient (Wildman–Crippen LogP) is 4.60. The summed E-state index contributed by atoms with van der Waals surface area (Å²) in [5.41, 5.74) is 2.74. The van der Waals surface area contributed by atoms with Gasteiger partial charge in [0.15, 0.2) is 5.82 Å². The highest BCUT2D eigenvalue weighted by atomic mass is 16.5. The maximum Gasteiger partial charge on any atom is 0.336 e. The molecule has 2 N–H and O–H groups in total. The van der Waals surface area contributed by atoms with Crippen LogP contribution < -0.4 is 24.8 Å². The molecule has 0 aliphatic rings. The number of rotatable bonds is 7. The van der Waals surface area contributed by atoms with Gasteiger partial charge in [0.2, 0.25) is 0 Å². The average molecular weight is 445 g/mol. The molecule has 0 saturated heterocycles. The van der Waals surface area contributed by atoms with Gasteiger partial charge in [-0.05, 0) is 54.6 Å². The number of nitrogens with one attached hydrogen (secondary N) is 2. The van der Waals surface area contributed by atoms with Crippen LogP contribution in [0.3, 0.4) is 0 Å². The van der Waals surface area contributed by atoms with Crippen LogP contribution >= 0.6 is 0 Å². The van der Waals surface area contributed by atoms with E-state index in [1.165, 1.54) is 7.11 Å². The fraction of sp³-hybridized carbons (Fsp3) is 0.125. The fourth-order valence-corrected chi connectivity index (χ4v) is 3.20. The van der Waals surface area contributed by atoms with Gasteiger partial charge in [-0.25, -0.2) is 9.48 Å². The molecule has 33 heavy (non-hydrogen) atoms. The lowest BCUT2D eigenvalue weighted by molar-refractivity contribution is 0.262. The maximum atomic E-state index is 12.5. The molecule has 0 aliphatic carbocycles. The minimum Gasteiger partial charge on any atom is -0.497 e. The highest BCUT2D eigenvalue weighted by molar-refractivity contribution is 6.00. The third kappa shape index (κ3) is 5.04. The molecule has 3 aromatic carbocycles. The molecule has 0 unspecified atom stereocenters. The van der Waals surface area contributed by atoms with Gasteiger partial charge in [-0.2, -0.15) is 4.98 Å². The summed E-state index contributed by atoms with van der Waals surface area (Å²) >= 11 is 0. The molecule has 0 fully saturated rings. The van der Waals surface area contributed by atoms with Crippen LogP contribution in [0.1, 0.15) is 0 Å². The van der Waals surface area contributed by atoms with Crippen molar-refractivity contribution < 1.29 is 19.0 Å². The number of carbonyl (C=O) groups excluding carboxylic acids is 1. The Morgan fingerprint density at radius 3 is 2.12 bits per heavy atom. The van der Waals surface area contributed by atoms with E-state index in [0.717, 1.165) is 11.3 Å². The second-order valence-corrected chi connectivity index (χ2v) is 6.92. The zero-order chi connectivity index (χ0) is 23.2. The van der Waals surface area contributed by atoms with Crippen molar-refractivity contribution in [3.05, 3.63) is 72.8 Å². The predicted molar refractivity (Wildman–Crippen MR) is 126 cm³/mol. The Morgan fingerprint density at radius 2 is 1.45 bits per heavy atom. The number of urea groups is 1. The Labute approximate surface area is 190 Å². The molecule has 0 saturated carbocycles. The summed E-state index contributed by atoms with van der Waals surface area (Å²) in [7, 11) is 4.70. The second kappa shape index (κ2) is 9.73. The van der Waals surface area contributed by atoms with Gasteiger partial charge in [-0.3, -0.25) is 0 Å². The van der Waals surface area contributed by atoms with Crippen molar-refractivity contribution in [2.75, 3.05) is 32.0 Å². The van der Waals surface area contributed by atoms with E-state index >= 15 is 0 Å². The minimum atomic E-state index is -0.382. The van der Waals surface area contributed by atoms with Crippen LogP contribution in [0.15, 0.2) is 72.8 Å². The molecule has 0 spiro atoms. The lowest BCUT2D eigenvalue weighted by atomic mass is 10.2. The van der Waals surface area contributed by atoms with Gasteiger partial charge in [0, 0.05) is 23.0 Å². The van der Waals surface area contributed by atoms with E-state index in [0.29, 0.717) is 28.6 Å². The van der Waals surface area contributed by atoms with E-state index in [4.69, 9.17) is 14.2 Å². The lowest BCUT2D eigenvalue weighted by Crippen LogP contribution is -2.19. The highest BCUT2D eigenvalue weighted by Gasteiger charge is 2.15. The molecule has 168 valence electrons. The maximum absolute atomic E-state index is 12.5. The molecular formula is C24H23N5O4. The summed E-state index contributed by atoms with van der Waals surface area (Å²) in [6, 6.07) is 21.7. The molecule has 4 aromatic rings. The molecule has 0 aliphatic heterocycles. The number of hydrogen-bond donors (Lipinski definition) is 2. The monoisotopic (exact) mass is 445 g/mol. The quantitative estimate of drug-likeness (QED) is 0.431. The summed E-state index contributed by atoms with van der Waals surface area (Å²) in [5, 5.41) is 10.1. The first kappa shape index (κ1) is 21.7. The first-order valence-electron chi connectivity index (χ1n) is 10.1. The van der Waals surface area contributed by atoms with Crippen molar-refractivity contribution in [3.8, 4) is 34.6 Å². The second-order valence-electron chi connectivity index (χ2n) is 6.92. The van der Waals surface area contributed by atoms with Crippen molar-refractivity contribution in [2.24, 2.45) is 0 Å². The van der Waals surface area contributed by atoms with Crippen molar-refractivity contribution in [3.63, 3.8) is 0 Å². The van der Waals surface area contributed by atoms with E-state index in [1.807, 2.05) is 36.4 Å². The Kier molecular flexibility index (Phi) is 6.40. The topological polar surface area (TPSA) is 99.5 Å². The molecule has 9 heteroatoms. The zero-order valence-electron chi connectivity index (χ0n) is 18.4. The summed E-state index contributed by atoms with van der Waals surface area (Å²) in [4.78, 5) is 17.0. The first-order valence-corrected chi connectivity index (χ1v) is 10.1. The van der Waals surface area contributed by atoms with Gasteiger partial charge in [-0.1, -0.05) is 12.1 Å². The van der Waals surface area contributed by atoms with Crippen molar-refractivity contribution in [1.29, 1.82) is 0 Å². The van der Waals surface area contributed by atoms with Gasteiger partial charge >= 0.3 is 12.0 Å². The molecule has 1 aromatic heterocycles. The third-order valence-electron chi connectivity index (χ3n) is 4.79. The van der Waals surface area contributed by atoms with Crippen LogP contribution in [-0.4, -0.2) is 42.1 Å². The molecule has 9 nitrogen and oxygen atoms in total. The Bertz CT molecular complexity index is 1250. The molecular weight excluding hydrogens is 422 g/mol. The van der Waals surface area contributed by atoms with Crippen molar-refractivity contribution >= 4 is 17.4 Å². The van der Waals surface area contributed by atoms with Crippen molar-refractivity contribution in [2.45, 2.75) is 0 Å². The molecule has 2 amide bonds. The third-order valence-corrected chi connectivity index (χ3v) is 4.79. The first-order chi connectivity index (χ1) is 16.1. The number of aromatic nitrogens is 3. The van der Waals surface area contributed by atoms with Crippen LogP contribution in [-0.2, 0) is 0 Å². The average Bonchev–Trinajstić information content (AvgIpc) is 3.29. The van der Waals surface area contributed by atoms with Gasteiger partial charge in [-0.15, -0.1) is 5.10 Å². The van der Waals surface area contributed by atoms with Gasteiger partial charge in [0.05, 0.1) is 27.0 Å². The normalized spacial score (nSPS) is 10.4. The molecule has 0 atom stereocenters. The standard InChI is InChI=1S/C24H23N5O4/c1-31-20-12-10-16(11-13-20)22-27-24(33-3)28-29(22)19-8-4-6-17(14-19)25-23(30)26-18-7-5-9-21(15-18)32-2/h4-15H,1-3H3,(H2,25,26,30). The van der Waals surface area contributed by atoms with Crippen LogP contribution in [0.5, 0.6) is 17.5 Å². The molecule has 0 radical (unpaired) electrons. The number of carbonyl (C=O) groups is 1. The van der Waals surface area contributed by atoms with Crippen LogP contribution in [0.2, 0.25) is 0 Å².